The molecule has 1 aromatic carbocycles. The molecule has 0 fully saturated rings. The standard InChI is InChI=1S/C11H6ClF3N2O/c12-8-2-1-3-9(7(8)6-18)17-5-4-10(16-17)11(13,14)15/h1-6H. The van der Waals surface area contributed by atoms with Crippen molar-refractivity contribution >= 4 is 17.9 Å². The predicted octanol–water partition coefficient (Wildman–Crippen LogP) is 3.36. The third kappa shape index (κ3) is 2.24. The Labute approximate surface area is 105 Å². The van der Waals surface area contributed by atoms with E-state index >= 15 is 0 Å². The van der Waals surface area contributed by atoms with Crippen LogP contribution in [0.3, 0.4) is 0 Å². The molecule has 0 aliphatic carbocycles. The van der Waals surface area contributed by atoms with E-state index in [9.17, 15) is 18.0 Å². The summed E-state index contributed by atoms with van der Waals surface area (Å²) in [5, 5.41) is 3.53. The van der Waals surface area contributed by atoms with Crippen LogP contribution < -0.4 is 0 Å². The van der Waals surface area contributed by atoms with Crippen molar-refractivity contribution < 1.29 is 18.0 Å². The lowest BCUT2D eigenvalue weighted by Crippen LogP contribution is -2.08. The van der Waals surface area contributed by atoms with E-state index in [4.69, 9.17) is 11.6 Å². The van der Waals surface area contributed by atoms with E-state index in [1.165, 1.54) is 18.2 Å². The van der Waals surface area contributed by atoms with E-state index < -0.39 is 11.9 Å². The largest absolute Gasteiger partial charge is 0.435 e. The van der Waals surface area contributed by atoms with Gasteiger partial charge in [0, 0.05) is 6.20 Å². The highest BCUT2D eigenvalue weighted by molar-refractivity contribution is 6.33. The van der Waals surface area contributed by atoms with Crippen LogP contribution in [0, 0.1) is 0 Å². The summed E-state index contributed by atoms with van der Waals surface area (Å²) in [5.74, 6) is 0. The topological polar surface area (TPSA) is 34.9 Å². The quantitative estimate of drug-likeness (QED) is 0.787. The molecule has 0 atom stereocenters. The SMILES string of the molecule is O=Cc1c(Cl)cccc1-n1ccc(C(F)(F)F)n1. The highest BCUT2D eigenvalue weighted by Gasteiger charge is 2.33. The fraction of sp³-hybridized carbons (Fsp3) is 0.0909. The molecule has 94 valence electrons. The van der Waals surface area contributed by atoms with Gasteiger partial charge in [0.1, 0.15) is 0 Å². The van der Waals surface area contributed by atoms with Crippen LogP contribution in [0.2, 0.25) is 5.02 Å². The molecule has 7 heteroatoms. The van der Waals surface area contributed by atoms with Crippen molar-refractivity contribution in [3.8, 4) is 5.69 Å². The Bertz CT molecular complexity index is 592. The van der Waals surface area contributed by atoms with Gasteiger partial charge in [-0.2, -0.15) is 18.3 Å². The number of hydrogen-bond acceptors (Lipinski definition) is 2. The van der Waals surface area contributed by atoms with Crippen molar-refractivity contribution in [2.24, 2.45) is 0 Å². The molecule has 0 saturated heterocycles. The normalized spacial score (nSPS) is 11.6. The molecule has 0 aliphatic rings. The van der Waals surface area contributed by atoms with Crippen LogP contribution in [0.1, 0.15) is 16.1 Å². The van der Waals surface area contributed by atoms with Crippen LogP contribution in [0.5, 0.6) is 0 Å². The molecular formula is C11H6ClF3N2O. The first-order chi connectivity index (χ1) is 8.43. The number of alkyl halides is 3. The van der Waals surface area contributed by atoms with Crippen LogP contribution in [-0.4, -0.2) is 16.1 Å². The number of carbonyl (C=O) groups excluding carboxylic acids is 1. The van der Waals surface area contributed by atoms with Gasteiger partial charge in [-0.1, -0.05) is 17.7 Å². The van der Waals surface area contributed by atoms with Crippen LogP contribution in [0.4, 0.5) is 13.2 Å². The molecule has 1 heterocycles. The second-order valence-electron chi connectivity index (χ2n) is 3.43. The number of aldehydes is 1. The van der Waals surface area contributed by atoms with Gasteiger partial charge in [-0.3, -0.25) is 4.79 Å². The molecule has 0 spiro atoms. The minimum Gasteiger partial charge on any atom is -0.298 e. The maximum atomic E-state index is 12.4. The zero-order chi connectivity index (χ0) is 13.3. The van der Waals surface area contributed by atoms with E-state index in [-0.39, 0.29) is 16.3 Å². The Morgan fingerprint density at radius 1 is 1.28 bits per heavy atom. The minimum absolute atomic E-state index is 0.0935. The third-order valence-corrected chi connectivity index (χ3v) is 2.60. The number of carbonyl (C=O) groups is 1. The first-order valence-corrected chi connectivity index (χ1v) is 5.18. The highest BCUT2D eigenvalue weighted by Crippen LogP contribution is 2.28. The van der Waals surface area contributed by atoms with E-state index in [1.807, 2.05) is 0 Å². The molecule has 0 radical (unpaired) electrons. The van der Waals surface area contributed by atoms with Crippen molar-refractivity contribution in [2.45, 2.75) is 6.18 Å². The van der Waals surface area contributed by atoms with Crippen LogP contribution in [0.15, 0.2) is 30.5 Å². The van der Waals surface area contributed by atoms with Gasteiger partial charge in [0.2, 0.25) is 0 Å². The Morgan fingerprint density at radius 3 is 2.56 bits per heavy atom. The second kappa shape index (κ2) is 4.45. The van der Waals surface area contributed by atoms with Gasteiger partial charge in [0.25, 0.3) is 0 Å². The maximum absolute atomic E-state index is 12.4. The van der Waals surface area contributed by atoms with Crippen LogP contribution in [-0.2, 0) is 6.18 Å². The average Bonchev–Trinajstić information content (AvgIpc) is 2.77. The van der Waals surface area contributed by atoms with Gasteiger partial charge in [-0.25, -0.2) is 4.68 Å². The molecule has 0 saturated carbocycles. The van der Waals surface area contributed by atoms with E-state index in [1.54, 1.807) is 0 Å². The van der Waals surface area contributed by atoms with Crippen molar-refractivity contribution in [2.75, 3.05) is 0 Å². The molecular weight excluding hydrogens is 269 g/mol. The first kappa shape index (κ1) is 12.6. The lowest BCUT2D eigenvalue weighted by atomic mass is 10.2. The molecule has 1 aromatic heterocycles. The van der Waals surface area contributed by atoms with Gasteiger partial charge in [-0.05, 0) is 18.2 Å². The Balaban J connectivity index is 2.53. The number of hydrogen-bond donors (Lipinski definition) is 0. The summed E-state index contributed by atoms with van der Waals surface area (Å²) in [5.41, 5.74) is -0.733. The minimum atomic E-state index is -4.52. The fourth-order valence-corrected chi connectivity index (χ4v) is 1.67. The summed E-state index contributed by atoms with van der Waals surface area (Å²) in [6.45, 7) is 0. The molecule has 0 unspecified atom stereocenters. The zero-order valence-electron chi connectivity index (χ0n) is 8.78. The summed E-state index contributed by atoms with van der Waals surface area (Å²) in [4.78, 5) is 10.9. The Kier molecular flexibility index (Phi) is 3.13. The van der Waals surface area contributed by atoms with Crippen LogP contribution in [0.25, 0.3) is 5.69 Å². The summed E-state index contributed by atoms with van der Waals surface area (Å²) in [6.07, 6.45) is -2.92. The maximum Gasteiger partial charge on any atom is 0.435 e. The molecule has 0 amide bonds. The average molecular weight is 275 g/mol. The van der Waals surface area contributed by atoms with Crippen molar-refractivity contribution in [3.05, 3.63) is 46.7 Å². The number of benzene rings is 1. The van der Waals surface area contributed by atoms with Gasteiger partial charge < -0.3 is 0 Å². The van der Waals surface area contributed by atoms with E-state index in [0.717, 1.165) is 16.9 Å². The molecule has 0 bridgehead atoms. The van der Waals surface area contributed by atoms with E-state index in [0.29, 0.717) is 6.29 Å². The lowest BCUT2D eigenvalue weighted by Gasteiger charge is -2.06. The van der Waals surface area contributed by atoms with Gasteiger partial charge in [-0.15, -0.1) is 0 Å². The summed E-state index contributed by atoms with van der Waals surface area (Å²) in [6, 6.07) is 5.29. The highest BCUT2D eigenvalue weighted by atomic mass is 35.5. The van der Waals surface area contributed by atoms with Gasteiger partial charge >= 0.3 is 6.18 Å². The van der Waals surface area contributed by atoms with Gasteiger partial charge in [0.05, 0.1) is 16.3 Å². The number of halogens is 4. The van der Waals surface area contributed by atoms with E-state index in [2.05, 4.69) is 5.10 Å². The summed E-state index contributed by atoms with van der Waals surface area (Å²) >= 11 is 5.78. The Hall–Kier alpha value is -1.82. The number of nitrogens with zero attached hydrogens (tertiary/aromatic N) is 2. The molecule has 0 N–H and O–H groups in total. The second-order valence-corrected chi connectivity index (χ2v) is 3.84. The fourth-order valence-electron chi connectivity index (χ4n) is 1.45. The number of aromatic nitrogens is 2. The monoisotopic (exact) mass is 274 g/mol. The molecule has 0 aliphatic heterocycles. The predicted molar refractivity (Wildman–Crippen MR) is 59.0 cm³/mol. The first-order valence-electron chi connectivity index (χ1n) is 4.80. The third-order valence-electron chi connectivity index (χ3n) is 2.27. The molecule has 2 rings (SSSR count). The lowest BCUT2D eigenvalue weighted by molar-refractivity contribution is -0.141. The molecule has 2 aromatic rings. The van der Waals surface area contributed by atoms with Gasteiger partial charge in [0.15, 0.2) is 12.0 Å². The molecule has 3 nitrogen and oxygen atoms in total. The number of rotatable bonds is 2. The smallest absolute Gasteiger partial charge is 0.298 e. The van der Waals surface area contributed by atoms with Crippen molar-refractivity contribution in [3.63, 3.8) is 0 Å². The zero-order valence-corrected chi connectivity index (χ0v) is 9.53. The molecule has 18 heavy (non-hydrogen) atoms. The summed E-state index contributed by atoms with van der Waals surface area (Å²) < 4.78 is 38.2. The van der Waals surface area contributed by atoms with Crippen molar-refractivity contribution in [1.29, 1.82) is 0 Å². The Morgan fingerprint density at radius 2 is 2.00 bits per heavy atom. The summed E-state index contributed by atoms with van der Waals surface area (Å²) in [7, 11) is 0. The van der Waals surface area contributed by atoms with Crippen LogP contribution >= 0.6 is 11.6 Å². The van der Waals surface area contributed by atoms with Crippen molar-refractivity contribution in [1.82, 2.24) is 9.78 Å².